The summed E-state index contributed by atoms with van der Waals surface area (Å²) < 4.78 is 57.6. The summed E-state index contributed by atoms with van der Waals surface area (Å²) in [6.07, 6.45) is 3.60. The molecule has 1 fully saturated rings. The predicted octanol–water partition coefficient (Wildman–Crippen LogP) is 3.11. The number of benzene rings is 2. The summed E-state index contributed by atoms with van der Waals surface area (Å²) in [5.74, 6) is -2.09. The van der Waals surface area contributed by atoms with Crippen molar-refractivity contribution in [1.82, 2.24) is 15.0 Å². The predicted molar refractivity (Wildman–Crippen MR) is 132 cm³/mol. The molecule has 0 aliphatic carbocycles. The highest BCUT2D eigenvalue weighted by Crippen LogP contribution is 2.26. The Kier molecular flexibility index (Phi) is 7.72. The van der Waals surface area contributed by atoms with Crippen molar-refractivity contribution in [2.24, 2.45) is 0 Å². The van der Waals surface area contributed by atoms with Crippen molar-refractivity contribution >= 4 is 26.6 Å². The van der Waals surface area contributed by atoms with Gasteiger partial charge in [0, 0.05) is 31.4 Å². The highest BCUT2D eigenvalue weighted by Gasteiger charge is 2.44. The molecule has 3 aromatic rings. The number of carbonyl (C=O) groups is 1. The quantitative estimate of drug-likeness (QED) is 0.441. The third-order valence-electron chi connectivity index (χ3n) is 6.61. The first-order chi connectivity index (χ1) is 17.5. The van der Waals surface area contributed by atoms with E-state index in [-0.39, 0.29) is 29.4 Å². The maximum absolute atomic E-state index is 14.2. The van der Waals surface area contributed by atoms with Crippen LogP contribution in [0.15, 0.2) is 47.5 Å². The molecule has 1 amide bonds. The molecular formula is C25H27F2N3O6S. The number of halogens is 2. The van der Waals surface area contributed by atoms with E-state index in [1.54, 1.807) is 0 Å². The van der Waals surface area contributed by atoms with Crippen molar-refractivity contribution < 1.29 is 31.6 Å². The molecule has 1 aliphatic heterocycles. The summed E-state index contributed by atoms with van der Waals surface area (Å²) in [5.41, 5.74) is 2.37. The van der Waals surface area contributed by atoms with E-state index in [0.717, 1.165) is 37.3 Å². The van der Waals surface area contributed by atoms with Gasteiger partial charge in [0.1, 0.15) is 11.6 Å². The topological polar surface area (TPSA) is 117 Å². The van der Waals surface area contributed by atoms with Crippen LogP contribution in [-0.4, -0.2) is 47.8 Å². The van der Waals surface area contributed by atoms with Crippen LogP contribution in [0.5, 0.6) is 0 Å². The molecule has 0 bridgehead atoms. The fourth-order valence-electron chi connectivity index (χ4n) is 4.04. The van der Waals surface area contributed by atoms with Crippen LogP contribution in [0.2, 0.25) is 0 Å². The number of amides is 1. The molecule has 0 saturated carbocycles. The number of sulfone groups is 1. The van der Waals surface area contributed by atoms with Gasteiger partial charge in [-0.3, -0.25) is 14.2 Å². The Morgan fingerprint density at radius 1 is 1.24 bits per heavy atom. The van der Waals surface area contributed by atoms with Crippen molar-refractivity contribution in [1.29, 1.82) is 0 Å². The van der Waals surface area contributed by atoms with Gasteiger partial charge in [0.15, 0.2) is 20.9 Å². The minimum Gasteiger partial charge on any atom is -0.350 e. The van der Waals surface area contributed by atoms with Crippen molar-refractivity contribution in [2.75, 3.05) is 12.9 Å². The molecule has 1 unspecified atom stereocenters. The second-order valence-corrected chi connectivity index (χ2v) is 11.6. The van der Waals surface area contributed by atoms with Crippen molar-refractivity contribution in [2.45, 2.75) is 50.2 Å². The van der Waals surface area contributed by atoms with Gasteiger partial charge in [-0.15, -0.1) is 0 Å². The lowest BCUT2D eigenvalue weighted by molar-refractivity contribution is -0.201. The summed E-state index contributed by atoms with van der Waals surface area (Å²) in [6, 6.07) is 7.48. The van der Waals surface area contributed by atoms with Crippen LogP contribution < -0.4 is 11.0 Å². The first-order valence-electron chi connectivity index (χ1n) is 11.7. The number of aromatic nitrogens is 2. The molecule has 1 aliphatic rings. The molecule has 198 valence electrons. The maximum Gasteiger partial charge on any atom is 0.264 e. The Morgan fingerprint density at radius 2 is 2.03 bits per heavy atom. The van der Waals surface area contributed by atoms with E-state index >= 15 is 0 Å². The van der Waals surface area contributed by atoms with Crippen LogP contribution >= 0.6 is 0 Å². The smallest absolute Gasteiger partial charge is 0.264 e. The SMILES string of the molecule is C[C@@](CCn1cnc2cc(-c3cc(F)ccc3F)ccc2c1=O)(C(=O)NOC1CCCCO1)S(C)(=O)=O. The minimum atomic E-state index is -3.92. The number of fused-ring (bicyclic) bond motifs is 1. The zero-order chi connectivity index (χ0) is 26.8. The molecule has 1 saturated heterocycles. The molecule has 2 heterocycles. The summed E-state index contributed by atoms with van der Waals surface area (Å²) in [5, 5.41) is 0.200. The Hall–Kier alpha value is -3.22. The third-order valence-corrected chi connectivity index (χ3v) is 8.64. The monoisotopic (exact) mass is 535 g/mol. The van der Waals surface area contributed by atoms with E-state index in [0.29, 0.717) is 18.6 Å². The van der Waals surface area contributed by atoms with Gasteiger partial charge in [-0.25, -0.2) is 32.5 Å². The molecule has 1 N–H and O–H groups in total. The molecular weight excluding hydrogens is 508 g/mol. The second kappa shape index (κ2) is 10.6. The highest BCUT2D eigenvalue weighted by atomic mass is 32.2. The number of nitrogens with one attached hydrogen (secondary N) is 1. The summed E-state index contributed by atoms with van der Waals surface area (Å²) in [6.45, 7) is 1.63. The largest absolute Gasteiger partial charge is 0.350 e. The number of rotatable bonds is 8. The number of aryl methyl sites for hydroxylation is 1. The van der Waals surface area contributed by atoms with Gasteiger partial charge in [-0.05, 0) is 62.1 Å². The second-order valence-electron chi connectivity index (χ2n) is 9.20. The zero-order valence-electron chi connectivity index (χ0n) is 20.4. The molecule has 1 aromatic heterocycles. The van der Waals surface area contributed by atoms with Crippen LogP contribution in [0.25, 0.3) is 22.0 Å². The van der Waals surface area contributed by atoms with Gasteiger partial charge in [-0.2, -0.15) is 0 Å². The normalized spacial score (nSPS) is 17.9. The Morgan fingerprint density at radius 3 is 2.73 bits per heavy atom. The Balaban J connectivity index is 1.55. The van der Waals surface area contributed by atoms with E-state index in [1.807, 2.05) is 0 Å². The lowest BCUT2D eigenvalue weighted by Gasteiger charge is -2.28. The maximum atomic E-state index is 14.2. The van der Waals surface area contributed by atoms with Crippen LogP contribution in [0.4, 0.5) is 8.78 Å². The van der Waals surface area contributed by atoms with Gasteiger partial charge >= 0.3 is 0 Å². The number of hydroxylamine groups is 1. The first kappa shape index (κ1) is 26.8. The molecule has 2 aromatic carbocycles. The van der Waals surface area contributed by atoms with E-state index < -0.39 is 44.0 Å². The van der Waals surface area contributed by atoms with Crippen molar-refractivity contribution in [3.8, 4) is 11.1 Å². The van der Waals surface area contributed by atoms with E-state index in [1.165, 1.54) is 36.0 Å². The molecule has 0 spiro atoms. The molecule has 2 atom stereocenters. The number of carbonyl (C=O) groups excluding carboxylic acids is 1. The van der Waals surface area contributed by atoms with Crippen LogP contribution in [0.3, 0.4) is 0 Å². The standard InChI is InChI=1S/C25H27F2N3O6S/c1-25(37(2,33)34,24(32)29-36-22-5-3-4-12-35-22)10-11-30-15-28-21-13-16(6-8-18(21)23(30)31)19-14-17(26)7-9-20(19)27/h6-9,13-15,22H,3-5,10-12H2,1-2H3,(H,29,32)/t22?,25-/m1/s1. The number of hydrogen-bond acceptors (Lipinski definition) is 7. The lowest BCUT2D eigenvalue weighted by atomic mass is 10.0. The van der Waals surface area contributed by atoms with Gasteiger partial charge in [-0.1, -0.05) is 6.07 Å². The summed E-state index contributed by atoms with van der Waals surface area (Å²) in [4.78, 5) is 35.4. The summed E-state index contributed by atoms with van der Waals surface area (Å²) in [7, 11) is -3.92. The fourth-order valence-corrected chi connectivity index (χ4v) is 4.88. The molecule has 0 radical (unpaired) electrons. The highest BCUT2D eigenvalue weighted by molar-refractivity contribution is 7.92. The van der Waals surface area contributed by atoms with E-state index in [9.17, 15) is 26.8 Å². The Bertz CT molecular complexity index is 1490. The van der Waals surface area contributed by atoms with Crippen LogP contribution in [0, 0.1) is 11.6 Å². The number of hydrogen-bond donors (Lipinski definition) is 1. The van der Waals surface area contributed by atoms with Gasteiger partial charge in [0.05, 0.1) is 17.2 Å². The fraction of sp³-hybridized carbons (Fsp3) is 0.400. The number of ether oxygens (including phenoxy) is 1. The van der Waals surface area contributed by atoms with Crippen LogP contribution in [0.1, 0.15) is 32.6 Å². The van der Waals surface area contributed by atoms with Crippen LogP contribution in [-0.2, 0) is 30.8 Å². The molecule has 37 heavy (non-hydrogen) atoms. The third kappa shape index (κ3) is 5.71. The molecule has 9 nitrogen and oxygen atoms in total. The molecule has 12 heteroatoms. The Labute approximate surface area is 212 Å². The summed E-state index contributed by atoms with van der Waals surface area (Å²) >= 11 is 0. The number of nitrogens with zero attached hydrogens (tertiary/aromatic N) is 2. The van der Waals surface area contributed by atoms with Crippen molar-refractivity contribution in [3.05, 3.63) is 64.7 Å². The average Bonchev–Trinajstić information content (AvgIpc) is 2.87. The first-order valence-corrected chi connectivity index (χ1v) is 13.6. The average molecular weight is 536 g/mol. The minimum absolute atomic E-state index is 0.0312. The van der Waals surface area contributed by atoms with E-state index in [2.05, 4.69) is 10.5 Å². The van der Waals surface area contributed by atoms with E-state index in [4.69, 9.17) is 9.57 Å². The zero-order valence-corrected chi connectivity index (χ0v) is 21.2. The van der Waals surface area contributed by atoms with Gasteiger partial charge < -0.3 is 4.74 Å². The molecule has 4 rings (SSSR count). The van der Waals surface area contributed by atoms with Crippen molar-refractivity contribution in [3.63, 3.8) is 0 Å². The van der Waals surface area contributed by atoms with Gasteiger partial charge in [0.2, 0.25) is 0 Å². The van der Waals surface area contributed by atoms with Gasteiger partial charge in [0.25, 0.3) is 11.5 Å². The lowest BCUT2D eigenvalue weighted by Crippen LogP contribution is -2.51.